The van der Waals surface area contributed by atoms with Gasteiger partial charge in [-0.3, -0.25) is 0 Å². The van der Waals surface area contributed by atoms with Gasteiger partial charge in [-0.1, -0.05) is 6.92 Å². The van der Waals surface area contributed by atoms with Gasteiger partial charge in [0.15, 0.2) is 0 Å². The molecule has 0 aromatic carbocycles. The Morgan fingerprint density at radius 1 is 1.40 bits per heavy atom. The molecule has 1 aliphatic carbocycles. The first kappa shape index (κ1) is 7.26. The second-order valence-electron chi connectivity index (χ2n) is 2.70. The van der Waals surface area contributed by atoms with Crippen LogP contribution in [0.4, 0.5) is 0 Å². The first-order valence-electron chi connectivity index (χ1n) is 3.64. The Morgan fingerprint density at radius 3 is 2.20 bits per heavy atom. The summed E-state index contributed by atoms with van der Waals surface area (Å²) < 4.78 is 0. The van der Waals surface area contributed by atoms with Crippen LogP contribution in [-0.2, 0) is 0 Å². The van der Waals surface area contributed by atoms with Crippen molar-refractivity contribution in [3.63, 3.8) is 0 Å². The monoisotopic (exact) mass is 135 g/mol. The third-order valence-corrected chi connectivity index (χ3v) is 2.05. The fraction of sp³-hybridized carbons (Fsp3) is 0.444. The highest BCUT2D eigenvalue weighted by molar-refractivity contribution is 6.10. The molecule has 1 aliphatic rings. The quantitative estimate of drug-likeness (QED) is 0.571. The molecule has 0 aliphatic heterocycles. The second-order valence-corrected chi connectivity index (χ2v) is 2.70. The summed E-state index contributed by atoms with van der Waals surface area (Å²) in [7, 11) is 0. The van der Waals surface area contributed by atoms with Gasteiger partial charge < -0.3 is 5.41 Å². The maximum absolute atomic E-state index is 7.48. The van der Waals surface area contributed by atoms with Gasteiger partial charge in [-0.25, -0.2) is 0 Å². The van der Waals surface area contributed by atoms with E-state index in [1.807, 2.05) is 13.0 Å². The lowest BCUT2D eigenvalue weighted by Gasteiger charge is -1.99. The normalized spacial score (nSPS) is 18.3. The van der Waals surface area contributed by atoms with E-state index < -0.39 is 0 Å². The van der Waals surface area contributed by atoms with Gasteiger partial charge in [-0.2, -0.15) is 0 Å². The zero-order chi connectivity index (χ0) is 7.72. The molecule has 10 heavy (non-hydrogen) atoms. The number of allylic oxidation sites excluding steroid dienone is 4. The molecule has 0 amide bonds. The van der Waals surface area contributed by atoms with Crippen molar-refractivity contribution in [2.45, 2.75) is 27.2 Å². The lowest BCUT2D eigenvalue weighted by Crippen LogP contribution is -1.88. The predicted octanol–water partition coefficient (Wildman–Crippen LogP) is 2.69. The Morgan fingerprint density at radius 2 is 2.00 bits per heavy atom. The van der Waals surface area contributed by atoms with Crippen LogP contribution in [0, 0.1) is 5.41 Å². The van der Waals surface area contributed by atoms with E-state index in [4.69, 9.17) is 5.41 Å². The summed E-state index contributed by atoms with van der Waals surface area (Å²) in [4.78, 5) is 0. The van der Waals surface area contributed by atoms with Crippen LogP contribution in [0.3, 0.4) is 0 Å². The van der Waals surface area contributed by atoms with Gasteiger partial charge in [0.1, 0.15) is 0 Å². The van der Waals surface area contributed by atoms with E-state index in [1.54, 1.807) is 0 Å². The van der Waals surface area contributed by atoms with Crippen molar-refractivity contribution < 1.29 is 0 Å². The van der Waals surface area contributed by atoms with E-state index >= 15 is 0 Å². The average molecular weight is 135 g/mol. The molecule has 0 saturated heterocycles. The molecule has 0 spiro atoms. The first-order chi connectivity index (χ1) is 4.66. The molecule has 0 unspecified atom stereocenters. The second kappa shape index (κ2) is 2.41. The van der Waals surface area contributed by atoms with Gasteiger partial charge in [0.25, 0.3) is 0 Å². The van der Waals surface area contributed by atoms with E-state index in [0.717, 1.165) is 12.0 Å². The van der Waals surface area contributed by atoms with Crippen molar-refractivity contribution in [3.8, 4) is 0 Å². The molecular formula is C9H13N. The van der Waals surface area contributed by atoms with Gasteiger partial charge in [0.2, 0.25) is 0 Å². The number of hydrogen-bond donors (Lipinski definition) is 1. The van der Waals surface area contributed by atoms with Crippen molar-refractivity contribution in [1.29, 1.82) is 5.41 Å². The summed E-state index contributed by atoms with van der Waals surface area (Å²) in [5, 5.41) is 7.48. The number of rotatable bonds is 1. The van der Waals surface area contributed by atoms with Gasteiger partial charge in [0.05, 0.1) is 5.71 Å². The minimum atomic E-state index is 0.689. The molecule has 1 rings (SSSR count). The molecule has 0 atom stereocenters. The van der Waals surface area contributed by atoms with Crippen molar-refractivity contribution in [2.24, 2.45) is 0 Å². The van der Waals surface area contributed by atoms with Crippen molar-refractivity contribution >= 4 is 5.71 Å². The lowest BCUT2D eigenvalue weighted by molar-refractivity contribution is 1.10. The van der Waals surface area contributed by atoms with Crippen molar-refractivity contribution in [2.75, 3.05) is 0 Å². The molecule has 1 nitrogen and oxygen atoms in total. The van der Waals surface area contributed by atoms with Crippen molar-refractivity contribution in [3.05, 3.63) is 22.8 Å². The van der Waals surface area contributed by atoms with Crippen LogP contribution < -0.4 is 0 Å². The third-order valence-electron chi connectivity index (χ3n) is 2.05. The molecule has 54 valence electrons. The van der Waals surface area contributed by atoms with Crippen LogP contribution >= 0.6 is 0 Å². The maximum Gasteiger partial charge on any atom is 0.0574 e. The van der Waals surface area contributed by atoms with Crippen LogP contribution in [0.15, 0.2) is 22.8 Å². The summed E-state index contributed by atoms with van der Waals surface area (Å²) >= 11 is 0. The lowest BCUT2D eigenvalue weighted by atomic mass is 10.1. The van der Waals surface area contributed by atoms with Gasteiger partial charge in [-0.05, 0) is 43.1 Å². The molecule has 1 N–H and O–H groups in total. The zero-order valence-corrected chi connectivity index (χ0v) is 6.78. The molecule has 0 aromatic rings. The largest absolute Gasteiger partial charge is 0.301 e. The molecule has 0 saturated carbocycles. The SMILES string of the molecule is CCC1=C(C)C(=N)C=C1C. The highest BCUT2D eigenvalue weighted by atomic mass is 14.4. The number of hydrogen-bond acceptors (Lipinski definition) is 1. The summed E-state index contributed by atoms with van der Waals surface area (Å²) in [5.74, 6) is 0. The van der Waals surface area contributed by atoms with Gasteiger partial charge in [0, 0.05) is 0 Å². The number of nitrogens with one attached hydrogen (secondary N) is 1. The minimum Gasteiger partial charge on any atom is -0.301 e. The summed E-state index contributed by atoms with van der Waals surface area (Å²) in [6, 6.07) is 0. The van der Waals surface area contributed by atoms with Gasteiger partial charge >= 0.3 is 0 Å². The van der Waals surface area contributed by atoms with Gasteiger partial charge in [-0.15, -0.1) is 0 Å². The molecular weight excluding hydrogens is 122 g/mol. The topological polar surface area (TPSA) is 23.9 Å². The fourth-order valence-corrected chi connectivity index (χ4v) is 1.41. The fourth-order valence-electron chi connectivity index (χ4n) is 1.41. The Labute approximate surface area is 62.0 Å². The maximum atomic E-state index is 7.48. The molecule has 0 fully saturated rings. The van der Waals surface area contributed by atoms with E-state index in [9.17, 15) is 0 Å². The van der Waals surface area contributed by atoms with Crippen LogP contribution in [0.25, 0.3) is 0 Å². The van der Waals surface area contributed by atoms with Crippen molar-refractivity contribution in [1.82, 2.24) is 0 Å². The third kappa shape index (κ3) is 0.919. The Balaban J connectivity index is 3.05. The summed E-state index contributed by atoms with van der Waals surface area (Å²) in [6.07, 6.45) is 2.99. The summed E-state index contributed by atoms with van der Waals surface area (Å²) in [5.41, 5.74) is 4.46. The Hall–Kier alpha value is -0.850. The Bertz CT molecular complexity index is 231. The van der Waals surface area contributed by atoms with E-state index in [0.29, 0.717) is 5.71 Å². The minimum absolute atomic E-state index is 0.689. The molecule has 1 heteroatoms. The van der Waals surface area contributed by atoms with Crippen LogP contribution in [-0.4, -0.2) is 5.71 Å². The van der Waals surface area contributed by atoms with Crippen LogP contribution in [0.5, 0.6) is 0 Å². The van der Waals surface area contributed by atoms with Crippen LogP contribution in [0.2, 0.25) is 0 Å². The molecule has 0 radical (unpaired) electrons. The van der Waals surface area contributed by atoms with E-state index in [2.05, 4.69) is 13.8 Å². The smallest absolute Gasteiger partial charge is 0.0574 e. The zero-order valence-electron chi connectivity index (χ0n) is 6.78. The predicted molar refractivity (Wildman–Crippen MR) is 44.5 cm³/mol. The molecule has 0 bridgehead atoms. The van der Waals surface area contributed by atoms with Crippen LogP contribution in [0.1, 0.15) is 27.2 Å². The summed E-state index contributed by atoms with van der Waals surface area (Å²) in [6.45, 7) is 6.23. The van der Waals surface area contributed by atoms with E-state index in [1.165, 1.54) is 11.1 Å². The molecule has 0 heterocycles. The highest BCUT2D eigenvalue weighted by Gasteiger charge is 2.12. The first-order valence-corrected chi connectivity index (χ1v) is 3.64. The standard InChI is InChI=1S/C9H13N/c1-4-8-6(2)5-9(10)7(8)3/h5,10H,4H2,1-3H3. The highest BCUT2D eigenvalue weighted by Crippen LogP contribution is 2.25. The van der Waals surface area contributed by atoms with E-state index in [-0.39, 0.29) is 0 Å². The Kier molecular flexibility index (Phi) is 1.75. The molecule has 0 aromatic heterocycles. The average Bonchev–Trinajstić information content (AvgIpc) is 2.09.